The highest BCUT2D eigenvalue weighted by Crippen LogP contribution is 2.28. The van der Waals surface area contributed by atoms with Gasteiger partial charge in [0.15, 0.2) is 11.9 Å². The summed E-state index contributed by atoms with van der Waals surface area (Å²) in [6, 6.07) is 58.5. The van der Waals surface area contributed by atoms with Gasteiger partial charge in [0.25, 0.3) is 5.91 Å². The summed E-state index contributed by atoms with van der Waals surface area (Å²) in [7, 11) is 3.15. The van der Waals surface area contributed by atoms with Crippen LogP contribution in [0.15, 0.2) is 210 Å². The molecular weight excluding hydrogens is 1640 g/mol. The molecular formula is C96H122Cl2FN19O8. The second-order valence-corrected chi connectivity index (χ2v) is 34.2. The van der Waals surface area contributed by atoms with Crippen LogP contribution in [0.2, 0.25) is 10.0 Å². The number of guanidine groups is 2. The van der Waals surface area contributed by atoms with Crippen LogP contribution < -0.4 is 76.9 Å². The van der Waals surface area contributed by atoms with Crippen molar-refractivity contribution in [2.75, 3.05) is 73.0 Å². The van der Waals surface area contributed by atoms with E-state index in [0.29, 0.717) is 126 Å². The zero-order valence-corrected chi connectivity index (χ0v) is 74.0. The summed E-state index contributed by atoms with van der Waals surface area (Å²) in [5.74, 6) is -1.48. The minimum atomic E-state index is -0.825. The molecule has 0 unspecified atom stereocenters. The van der Waals surface area contributed by atoms with Gasteiger partial charge in [0.2, 0.25) is 41.4 Å². The number of nitrogens with zero attached hydrogens (tertiary/aromatic N) is 5. The Hall–Kier alpha value is -11.6. The van der Waals surface area contributed by atoms with Crippen LogP contribution in [0.3, 0.4) is 0 Å². The number of hydrogen-bond acceptors (Lipinski definition) is 15. The van der Waals surface area contributed by atoms with E-state index in [1.807, 2.05) is 164 Å². The third kappa shape index (κ3) is 29.5. The summed E-state index contributed by atoms with van der Waals surface area (Å²) in [6.07, 6.45) is 6.46. The summed E-state index contributed by atoms with van der Waals surface area (Å²) in [5, 5.41) is 32.4. The fourth-order valence-electron chi connectivity index (χ4n) is 16.3. The van der Waals surface area contributed by atoms with E-state index in [2.05, 4.69) is 77.6 Å². The van der Waals surface area contributed by atoms with Crippen molar-refractivity contribution in [3.05, 3.63) is 249 Å². The molecule has 0 aliphatic carbocycles. The number of aliphatic imine (C=N–C) groups is 2. The van der Waals surface area contributed by atoms with Gasteiger partial charge >= 0.3 is 0 Å². The van der Waals surface area contributed by atoms with Crippen molar-refractivity contribution < 1.29 is 42.7 Å². The third-order valence-electron chi connectivity index (χ3n) is 23.1. The number of nitrogens with two attached hydrogens (primary N) is 6. The first-order valence-corrected chi connectivity index (χ1v) is 44.0. The highest BCUT2D eigenvalue weighted by Gasteiger charge is 2.41. The van der Waals surface area contributed by atoms with E-state index in [0.717, 1.165) is 67.4 Å². The molecule has 9 aromatic carbocycles. The molecule has 0 radical (unpaired) electrons. The average Bonchev–Trinajstić information content (AvgIpc) is 1.52. The van der Waals surface area contributed by atoms with Crippen molar-refractivity contribution in [3.63, 3.8) is 0 Å². The van der Waals surface area contributed by atoms with Gasteiger partial charge in [0, 0.05) is 131 Å². The first kappa shape index (κ1) is 96.6. The molecule has 12 rings (SSSR count). The van der Waals surface area contributed by atoms with Crippen LogP contribution >= 0.6 is 23.2 Å². The highest BCUT2D eigenvalue weighted by atomic mass is 35.5. The fraction of sp³-hybridized carbons (Fsp3) is 0.396. The molecule has 670 valence electrons. The molecule has 3 aliphatic rings. The molecule has 8 amide bonds. The van der Waals surface area contributed by atoms with Gasteiger partial charge in [0.1, 0.15) is 17.9 Å². The standard InChI is InChI=1S/C33H43FN8O3.C32H40ClN7O3.C31H39ClN4O2/c1-38-31(44)29(19-22-8-11-23-5-2-3-6-24(23)17-22)42-16-14-26(41-28(32(42)45)7-4-15-39-33(36)37)20-40-30(43)27(35)18-21-9-12-25(34)13-10-21;1-36-30(42)28(18-22-8-11-23-5-2-3-6-24(23)17-22)40-16-14-26(39-27(31(40)43)7-4-15-37-32(34)35)20-38-29(41)19-21-9-12-25(33)13-10-21;1-4-21(22-8-6-5-7-9-22)20-36-15-14-27(35-28(30(36)38)18-31(2,3)33)19-34-29(37)25-11-10-24-17-26(32)13-12-23(24)16-25/h2-3,5-6,8-13,17,26-29,41H,4,7,14-16,18-20,35H2,1H3,(H,38,44)(H,40,43)(H4,36,37,39);2-3,5-6,8-13,17,26-28,39H,4,7,14-16,18-20H2,1H3,(H,36,42)(H,38,41)(H4,34,35,37);5-13,16-17,21,27-28,35H,4,14-15,18-20,33H2,1-3H3,(H,34,37)/t26-,27-,28+,29+;26-,27+,28+;21-,27-,28-/m111/s1. The van der Waals surface area contributed by atoms with E-state index >= 15 is 0 Å². The molecule has 27 nitrogen and oxygen atoms in total. The number of benzene rings is 9. The van der Waals surface area contributed by atoms with Crippen LogP contribution in [0, 0.1) is 5.82 Å². The first-order valence-electron chi connectivity index (χ1n) is 43.3. The van der Waals surface area contributed by atoms with E-state index in [1.54, 1.807) is 48.2 Å². The largest absolute Gasteiger partial charge is 0.370 e. The predicted molar refractivity (Wildman–Crippen MR) is 500 cm³/mol. The lowest BCUT2D eigenvalue weighted by Gasteiger charge is -2.31. The van der Waals surface area contributed by atoms with Gasteiger partial charge in [-0.05, 0) is 187 Å². The van der Waals surface area contributed by atoms with Gasteiger partial charge in [-0.25, -0.2) is 4.39 Å². The van der Waals surface area contributed by atoms with Crippen molar-refractivity contribution in [1.29, 1.82) is 0 Å². The summed E-state index contributed by atoms with van der Waals surface area (Å²) in [5.41, 5.74) is 39.3. The minimum Gasteiger partial charge on any atom is -0.370 e. The van der Waals surface area contributed by atoms with Crippen molar-refractivity contribution in [3.8, 4) is 0 Å². The van der Waals surface area contributed by atoms with Crippen molar-refractivity contribution in [2.24, 2.45) is 44.4 Å². The molecule has 3 heterocycles. The number of nitrogens with one attached hydrogen (secondary N) is 8. The minimum absolute atomic E-state index is 0.00174. The third-order valence-corrected chi connectivity index (χ3v) is 23.5. The second-order valence-electron chi connectivity index (χ2n) is 33.3. The zero-order chi connectivity index (χ0) is 90.4. The van der Waals surface area contributed by atoms with Crippen LogP contribution in [0.1, 0.15) is 123 Å². The van der Waals surface area contributed by atoms with E-state index in [1.165, 1.54) is 17.7 Å². The number of carbonyl (C=O) groups is 8. The monoisotopic (exact) mass is 1760 g/mol. The first-order chi connectivity index (χ1) is 60.5. The Morgan fingerprint density at radius 2 is 0.960 bits per heavy atom. The molecule has 30 heteroatoms. The molecule has 0 spiro atoms. The molecule has 3 aliphatic heterocycles. The summed E-state index contributed by atoms with van der Waals surface area (Å²) in [4.78, 5) is 120. The van der Waals surface area contributed by atoms with Crippen LogP contribution in [-0.2, 0) is 59.2 Å². The maximum atomic E-state index is 14.0. The molecule has 0 bridgehead atoms. The lowest BCUT2D eigenvalue weighted by Crippen LogP contribution is -2.54. The van der Waals surface area contributed by atoms with E-state index in [9.17, 15) is 42.7 Å². The molecule has 0 aromatic heterocycles. The SMILES string of the molecule is CC[C@H](CN1CC[C@H](CNC(=O)c2ccc3cc(Cl)ccc3c2)N[C@H](CC(C)(C)N)C1=O)c1ccccc1.CNC(=O)[C@H](Cc1ccc2ccccc2c1)N1CC[C@H](CNC(=O)Cc2ccc(Cl)cc2)N[C@@H](CCCN=C(N)N)C1=O.CNC(=O)[C@H](Cc1ccc2ccccc2c1)N1CC[C@H](CNC(=O)[C@H](N)Cc2ccc(F)cc2)N[C@@H](CCCN=C(N)N)C1=O. The topological polar surface area (TPSA) is 423 Å². The molecule has 3 fully saturated rings. The Kier molecular flexibility index (Phi) is 36.5. The molecule has 3 saturated heterocycles. The predicted octanol–water partition coefficient (Wildman–Crippen LogP) is 8.16. The van der Waals surface area contributed by atoms with Crippen LogP contribution in [0.5, 0.6) is 0 Å². The number of fused-ring (bicyclic) bond motifs is 3. The Morgan fingerprint density at radius 3 is 1.48 bits per heavy atom. The molecule has 20 N–H and O–H groups in total. The Morgan fingerprint density at radius 1 is 0.508 bits per heavy atom. The maximum absolute atomic E-state index is 14.0. The van der Waals surface area contributed by atoms with Crippen molar-refractivity contribution in [2.45, 2.75) is 170 Å². The van der Waals surface area contributed by atoms with Gasteiger partial charge in [0.05, 0.1) is 30.6 Å². The number of likely N-dealkylation sites (N-methyl/N-ethyl adjacent to an activating group) is 2. The fourth-order valence-corrected chi connectivity index (χ4v) is 16.6. The Bertz CT molecular complexity index is 5210. The van der Waals surface area contributed by atoms with Crippen molar-refractivity contribution >= 4 is 115 Å². The highest BCUT2D eigenvalue weighted by molar-refractivity contribution is 6.31. The molecule has 0 saturated carbocycles. The maximum Gasteiger partial charge on any atom is 0.251 e. The number of rotatable bonds is 34. The van der Waals surface area contributed by atoms with Gasteiger partial charge in [-0.2, -0.15) is 0 Å². The Balaban J connectivity index is 0.000000198. The Labute approximate surface area is 747 Å². The van der Waals surface area contributed by atoms with Crippen LogP contribution in [0.4, 0.5) is 4.39 Å². The van der Waals surface area contributed by atoms with Crippen LogP contribution in [-0.4, -0.2) is 207 Å². The molecule has 126 heavy (non-hydrogen) atoms. The van der Waals surface area contributed by atoms with Gasteiger partial charge in [-0.1, -0.05) is 182 Å². The summed E-state index contributed by atoms with van der Waals surface area (Å²) in [6.45, 7) is 9.76. The van der Waals surface area contributed by atoms with E-state index < -0.39 is 41.8 Å². The zero-order valence-electron chi connectivity index (χ0n) is 72.5. The van der Waals surface area contributed by atoms with E-state index in [4.69, 9.17) is 57.6 Å². The average molecular weight is 1760 g/mol. The number of halogens is 3. The lowest BCUT2D eigenvalue weighted by atomic mass is 9.94. The van der Waals surface area contributed by atoms with Crippen LogP contribution in [0.25, 0.3) is 32.3 Å². The summed E-state index contributed by atoms with van der Waals surface area (Å²) < 4.78 is 13.3. The quantitative estimate of drug-likeness (QED) is 0.0103. The normalized spacial score (nSPS) is 18.3. The lowest BCUT2D eigenvalue weighted by molar-refractivity contribution is -0.141. The van der Waals surface area contributed by atoms with Gasteiger partial charge in [-0.15, -0.1) is 0 Å². The molecule has 9 aromatic rings. The number of carbonyl (C=O) groups excluding carboxylic acids is 8. The van der Waals surface area contributed by atoms with E-state index in [-0.39, 0.29) is 108 Å². The van der Waals surface area contributed by atoms with Crippen molar-refractivity contribution in [1.82, 2.24) is 57.2 Å². The smallest absolute Gasteiger partial charge is 0.251 e. The number of hydrogen-bond donors (Lipinski definition) is 14. The van der Waals surface area contributed by atoms with Gasteiger partial charge < -0.3 is 91.6 Å². The molecule has 10 atom stereocenters. The number of amides is 8. The van der Waals surface area contributed by atoms with Gasteiger partial charge in [-0.3, -0.25) is 48.3 Å². The second kappa shape index (κ2) is 47.6. The summed E-state index contributed by atoms with van der Waals surface area (Å²) >= 11 is 12.0.